The van der Waals surface area contributed by atoms with E-state index < -0.39 is 17.9 Å². The molecule has 1 aromatic carbocycles. The number of anilines is 2. The van der Waals surface area contributed by atoms with E-state index in [1.807, 2.05) is 13.0 Å². The normalized spacial score (nSPS) is 13.3. The van der Waals surface area contributed by atoms with Gasteiger partial charge in [0.2, 0.25) is 5.95 Å². The number of hydrogen-bond donors (Lipinski definition) is 2. The van der Waals surface area contributed by atoms with Crippen LogP contribution in [0, 0.1) is 12.8 Å². The number of fused-ring (bicyclic) bond motifs is 1. The van der Waals surface area contributed by atoms with E-state index in [1.165, 1.54) is 5.56 Å². The molecule has 0 bridgehead atoms. The third-order valence-corrected chi connectivity index (χ3v) is 4.55. The number of benzene rings is 1. The summed E-state index contributed by atoms with van der Waals surface area (Å²) in [5, 5.41) is 17.9. The minimum Gasteiger partial charge on any atom is -0.481 e. The number of carboxylic acid groups (broad SMARTS) is 2. The van der Waals surface area contributed by atoms with Crippen LogP contribution in [0.15, 0.2) is 42.7 Å². The van der Waals surface area contributed by atoms with E-state index in [4.69, 9.17) is 10.2 Å². The molecule has 1 aliphatic heterocycles. The van der Waals surface area contributed by atoms with Crippen molar-refractivity contribution in [1.82, 2.24) is 9.97 Å². The smallest absolute Gasteiger partial charge is 0.318 e. The standard InChI is InChI=1S/C20H21N3O4/c1-13-11-14(5-2-3-6-16(18(24)25)19(26)27)17-15(12-13)7-10-23(17)20-21-8-4-9-22-20/h2-4,8-9,11-12,16H,5-7,10H2,1H3,(H,24,25)(H,26,27)/b3-2+. The van der Waals surface area contributed by atoms with Gasteiger partial charge in [0.25, 0.3) is 0 Å². The van der Waals surface area contributed by atoms with Crippen molar-refractivity contribution in [3.8, 4) is 0 Å². The van der Waals surface area contributed by atoms with Crippen LogP contribution in [0.3, 0.4) is 0 Å². The lowest BCUT2D eigenvalue weighted by atomic mass is 10.00. The zero-order valence-electron chi connectivity index (χ0n) is 15.0. The predicted molar refractivity (Wildman–Crippen MR) is 100 cm³/mol. The molecule has 2 aromatic rings. The molecule has 1 aliphatic rings. The highest BCUT2D eigenvalue weighted by Gasteiger charge is 2.26. The van der Waals surface area contributed by atoms with Gasteiger partial charge in [-0.2, -0.15) is 0 Å². The van der Waals surface area contributed by atoms with Gasteiger partial charge in [0, 0.05) is 18.9 Å². The highest BCUT2D eigenvalue weighted by atomic mass is 16.4. The van der Waals surface area contributed by atoms with Crippen LogP contribution in [0.4, 0.5) is 11.6 Å². The first kappa shape index (κ1) is 18.6. The average molecular weight is 367 g/mol. The van der Waals surface area contributed by atoms with Crippen molar-refractivity contribution < 1.29 is 19.8 Å². The Kier molecular flexibility index (Phi) is 5.49. The lowest BCUT2D eigenvalue weighted by Gasteiger charge is -2.20. The molecular formula is C20H21N3O4. The molecule has 7 nitrogen and oxygen atoms in total. The van der Waals surface area contributed by atoms with Crippen LogP contribution in [0.1, 0.15) is 23.1 Å². The Labute approximate surface area is 157 Å². The maximum atomic E-state index is 11.0. The topological polar surface area (TPSA) is 104 Å². The minimum absolute atomic E-state index is 0.0375. The van der Waals surface area contributed by atoms with E-state index in [-0.39, 0.29) is 6.42 Å². The average Bonchev–Trinajstić information content (AvgIpc) is 3.05. The lowest BCUT2D eigenvalue weighted by Crippen LogP contribution is -2.22. The van der Waals surface area contributed by atoms with E-state index in [1.54, 1.807) is 24.5 Å². The van der Waals surface area contributed by atoms with Gasteiger partial charge in [0.1, 0.15) is 0 Å². The van der Waals surface area contributed by atoms with Gasteiger partial charge in [-0.1, -0.05) is 29.8 Å². The molecule has 0 fully saturated rings. The molecule has 0 spiro atoms. The third-order valence-electron chi connectivity index (χ3n) is 4.55. The van der Waals surface area contributed by atoms with Crippen molar-refractivity contribution in [3.63, 3.8) is 0 Å². The fourth-order valence-electron chi connectivity index (χ4n) is 3.35. The van der Waals surface area contributed by atoms with Crippen LogP contribution in [0.2, 0.25) is 0 Å². The lowest BCUT2D eigenvalue weighted by molar-refractivity contribution is -0.154. The van der Waals surface area contributed by atoms with Crippen LogP contribution in [0.25, 0.3) is 0 Å². The summed E-state index contributed by atoms with van der Waals surface area (Å²) < 4.78 is 0. The SMILES string of the molecule is Cc1cc(C/C=C/CC(C(=O)O)C(=O)O)c2c(c1)CCN2c1ncccn1. The molecule has 0 saturated heterocycles. The summed E-state index contributed by atoms with van der Waals surface area (Å²) in [6, 6.07) is 6.03. The van der Waals surface area contributed by atoms with Gasteiger partial charge in [0.15, 0.2) is 5.92 Å². The van der Waals surface area contributed by atoms with Crippen LogP contribution >= 0.6 is 0 Å². The number of aryl methyl sites for hydroxylation is 1. The number of nitrogens with zero attached hydrogens (tertiary/aromatic N) is 3. The molecule has 27 heavy (non-hydrogen) atoms. The fourth-order valence-corrected chi connectivity index (χ4v) is 3.35. The highest BCUT2D eigenvalue weighted by molar-refractivity contribution is 5.93. The Morgan fingerprint density at radius 1 is 1.19 bits per heavy atom. The van der Waals surface area contributed by atoms with E-state index >= 15 is 0 Å². The molecule has 1 aromatic heterocycles. The van der Waals surface area contributed by atoms with Crippen molar-refractivity contribution >= 4 is 23.6 Å². The van der Waals surface area contributed by atoms with Crippen LogP contribution in [-0.4, -0.2) is 38.7 Å². The maximum absolute atomic E-state index is 11.0. The fraction of sp³-hybridized carbons (Fsp3) is 0.300. The summed E-state index contributed by atoms with van der Waals surface area (Å²) in [4.78, 5) is 32.7. The first-order valence-electron chi connectivity index (χ1n) is 8.75. The molecule has 0 aliphatic carbocycles. The number of allylic oxidation sites excluding steroid dienone is 2. The van der Waals surface area contributed by atoms with Crippen LogP contribution in [-0.2, 0) is 22.4 Å². The van der Waals surface area contributed by atoms with Gasteiger partial charge in [-0.25, -0.2) is 9.97 Å². The molecule has 0 amide bonds. The number of hydrogen-bond acceptors (Lipinski definition) is 5. The summed E-state index contributed by atoms with van der Waals surface area (Å²) in [5.74, 6) is -3.41. The molecule has 2 N–H and O–H groups in total. The molecular weight excluding hydrogens is 346 g/mol. The second-order valence-electron chi connectivity index (χ2n) is 6.52. The summed E-state index contributed by atoms with van der Waals surface area (Å²) in [6.07, 6.45) is 8.34. The van der Waals surface area contributed by atoms with Gasteiger partial charge >= 0.3 is 11.9 Å². The summed E-state index contributed by atoms with van der Waals surface area (Å²) >= 11 is 0. The van der Waals surface area contributed by atoms with Gasteiger partial charge in [-0.05, 0) is 43.4 Å². The molecule has 7 heteroatoms. The number of aromatic nitrogens is 2. The zero-order chi connectivity index (χ0) is 19.4. The largest absolute Gasteiger partial charge is 0.481 e. The van der Waals surface area contributed by atoms with E-state index in [2.05, 4.69) is 27.0 Å². The first-order valence-corrected chi connectivity index (χ1v) is 8.75. The summed E-state index contributed by atoms with van der Waals surface area (Å²) in [6.45, 7) is 2.85. The first-order chi connectivity index (χ1) is 13.0. The maximum Gasteiger partial charge on any atom is 0.318 e. The van der Waals surface area contributed by atoms with Crippen LogP contribution in [0.5, 0.6) is 0 Å². The van der Waals surface area contributed by atoms with Gasteiger partial charge in [-0.15, -0.1) is 0 Å². The van der Waals surface area contributed by atoms with Crippen LogP contribution < -0.4 is 4.90 Å². The van der Waals surface area contributed by atoms with Crippen molar-refractivity contribution in [2.75, 3.05) is 11.4 Å². The monoisotopic (exact) mass is 367 g/mol. The Balaban J connectivity index is 1.82. The Morgan fingerprint density at radius 3 is 2.56 bits per heavy atom. The Hall–Kier alpha value is -3.22. The predicted octanol–water partition coefficient (Wildman–Crippen LogP) is 2.75. The third kappa shape index (κ3) is 4.13. The number of carboxylic acids is 2. The van der Waals surface area contributed by atoms with Crippen molar-refractivity contribution in [1.29, 1.82) is 0 Å². The van der Waals surface area contributed by atoms with E-state index in [9.17, 15) is 9.59 Å². The Bertz CT molecular complexity index is 866. The summed E-state index contributed by atoms with van der Waals surface area (Å²) in [7, 11) is 0. The quantitative estimate of drug-likeness (QED) is 0.573. The second-order valence-corrected chi connectivity index (χ2v) is 6.52. The molecule has 0 unspecified atom stereocenters. The number of aliphatic carboxylic acids is 2. The number of rotatable bonds is 7. The molecule has 140 valence electrons. The minimum atomic E-state index is -1.42. The second kappa shape index (κ2) is 7.99. The Morgan fingerprint density at radius 2 is 1.89 bits per heavy atom. The van der Waals surface area contributed by atoms with E-state index in [0.717, 1.165) is 29.8 Å². The van der Waals surface area contributed by atoms with Crippen molar-refractivity contribution in [2.24, 2.45) is 5.92 Å². The zero-order valence-corrected chi connectivity index (χ0v) is 15.0. The van der Waals surface area contributed by atoms with Gasteiger partial charge in [0.05, 0.1) is 5.69 Å². The van der Waals surface area contributed by atoms with Crippen molar-refractivity contribution in [3.05, 3.63) is 59.4 Å². The molecule has 3 rings (SSSR count). The number of carbonyl (C=O) groups is 2. The van der Waals surface area contributed by atoms with Gasteiger partial charge < -0.3 is 15.1 Å². The van der Waals surface area contributed by atoms with Gasteiger partial charge in [-0.3, -0.25) is 9.59 Å². The highest BCUT2D eigenvalue weighted by Crippen LogP contribution is 2.37. The van der Waals surface area contributed by atoms with E-state index in [0.29, 0.717) is 12.4 Å². The molecule has 0 atom stereocenters. The molecule has 0 saturated carbocycles. The summed E-state index contributed by atoms with van der Waals surface area (Å²) in [5.41, 5.74) is 4.57. The molecule has 2 heterocycles. The molecule has 0 radical (unpaired) electrons. The van der Waals surface area contributed by atoms with Crippen molar-refractivity contribution in [2.45, 2.75) is 26.2 Å².